The SMILES string of the molecule is CC(C)c1nc(N(C)Cc2cccc(Cl)c2)sc1CO. The first-order valence-corrected chi connectivity index (χ1v) is 7.76. The molecule has 1 heterocycles. The molecule has 0 spiro atoms. The molecule has 0 aliphatic carbocycles. The molecular formula is C15H19ClN2OS. The van der Waals surface area contributed by atoms with Gasteiger partial charge < -0.3 is 10.0 Å². The Morgan fingerprint density at radius 3 is 2.70 bits per heavy atom. The van der Waals surface area contributed by atoms with Crippen LogP contribution >= 0.6 is 22.9 Å². The fourth-order valence-corrected chi connectivity index (χ4v) is 3.30. The van der Waals surface area contributed by atoms with Crippen LogP contribution < -0.4 is 4.90 Å². The second kappa shape index (κ2) is 6.57. The Hall–Kier alpha value is -1.10. The molecule has 0 bridgehead atoms. The molecule has 0 fully saturated rings. The second-order valence-corrected chi connectivity index (χ2v) is 6.60. The van der Waals surface area contributed by atoms with Gasteiger partial charge in [0.2, 0.25) is 0 Å². The Morgan fingerprint density at radius 1 is 1.40 bits per heavy atom. The molecule has 0 radical (unpaired) electrons. The van der Waals surface area contributed by atoms with Gasteiger partial charge in [0.25, 0.3) is 0 Å². The molecule has 108 valence electrons. The number of aliphatic hydroxyl groups is 1. The number of rotatable bonds is 5. The third kappa shape index (κ3) is 3.51. The summed E-state index contributed by atoms with van der Waals surface area (Å²) in [5.41, 5.74) is 2.14. The lowest BCUT2D eigenvalue weighted by Gasteiger charge is -2.15. The minimum absolute atomic E-state index is 0.0518. The normalized spacial score (nSPS) is 11.1. The molecule has 0 aliphatic rings. The van der Waals surface area contributed by atoms with Gasteiger partial charge in [-0.2, -0.15) is 0 Å². The van der Waals surface area contributed by atoms with E-state index in [0.717, 1.165) is 32.8 Å². The number of benzene rings is 1. The highest BCUT2D eigenvalue weighted by Gasteiger charge is 2.16. The van der Waals surface area contributed by atoms with Crippen LogP contribution in [-0.2, 0) is 13.2 Å². The number of hydrogen-bond donors (Lipinski definition) is 1. The fourth-order valence-electron chi connectivity index (χ4n) is 2.06. The van der Waals surface area contributed by atoms with Crippen molar-refractivity contribution in [2.24, 2.45) is 0 Å². The van der Waals surface area contributed by atoms with E-state index in [1.165, 1.54) is 0 Å². The quantitative estimate of drug-likeness (QED) is 0.905. The highest BCUT2D eigenvalue weighted by Crippen LogP contribution is 2.31. The number of aromatic nitrogens is 1. The van der Waals surface area contributed by atoms with E-state index in [4.69, 9.17) is 11.6 Å². The predicted molar refractivity (Wildman–Crippen MR) is 85.7 cm³/mol. The molecule has 0 amide bonds. The van der Waals surface area contributed by atoms with E-state index in [9.17, 15) is 5.11 Å². The molecule has 0 atom stereocenters. The molecule has 5 heteroatoms. The lowest BCUT2D eigenvalue weighted by molar-refractivity contribution is 0.283. The maximum atomic E-state index is 9.42. The lowest BCUT2D eigenvalue weighted by atomic mass is 10.1. The van der Waals surface area contributed by atoms with Gasteiger partial charge in [-0.15, -0.1) is 0 Å². The summed E-state index contributed by atoms with van der Waals surface area (Å²) in [5.74, 6) is 0.321. The smallest absolute Gasteiger partial charge is 0.185 e. The van der Waals surface area contributed by atoms with E-state index >= 15 is 0 Å². The van der Waals surface area contributed by atoms with Gasteiger partial charge >= 0.3 is 0 Å². The molecular weight excluding hydrogens is 292 g/mol. The summed E-state index contributed by atoms with van der Waals surface area (Å²) in [4.78, 5) is 7.69. The molecule has 1 aromatic carbocycles. The van der Waals surface area contributed by atoms with Crippen LogP contribution in [0, 0.1) is 0 Å². The van der Waals surface area contributed by atoms with Crippen LogP contribution in [0.25, 0.3) is 0 Å². The molecule has 0 aliphatic heterocycles. The molecule has 2 aromatic rings. The minimum atomic E-state index is 0.0518. The predicted octanol–water partition coefficient (Wildman–Crippen LogP) is 4.05. The molecule has 3 nitrogen and oxygen atoms in total. The van der Waals surface area contributed by atoms with Gasteiger partial charge in [-0.25, -0.2) is 4.98 Å². The molecule has 0 saturated heterocycles. The van der Waals surface area contributed by atoms with Crippen LogP contribution in [0.4, 0.5) is 5.13 Å². The maximum absolute atomic E-state index is 9.42. The second-order valence-electron chi connectivity index (χ2n) is 5.10. The highest BCUT2D eigenvalue weighted by molar-refractivity contribution is 7.15. The number of halogens is 1. The third-order valence-corrected chi connectivity index (χ3v) is 4.45. The van der Waals surface area contributed by atoms with Crippen LogP contribution in [-0.4, -0.2) is 17.1 Å². The summed E-state index contributed by atoms with van der Waals surface area (Å²) < 4.78 is 0. The van der Waals surface area contributed by atoms with Crippen LogP contribution in [0.15, 0.2) is 24.3 Å². The monoisotopic (exact) mass is 310 g/mol. The highest BCUT2D eigenvalue weighted by atomic mass is 35.5. The molecule has 0 unspecified atom stereocenters. The molecule has 2 rings (SSSR count). The Morgan fingerprint density at radius 2 is 2.15 bits per heavy atom. The van der Waals surface area contributed by atoms with Gasteiger partial charge in [-0.05, 0) is 23.6 Å². The van der Waals surface area contributed by atoms with E-state index in [2.05, 4.69) is 23.7 Å². The van der Waals surface area contributed by atoms with Crippen LogP contribution in [0.1, 0.15) is 35.9 Å². The number of thiazole rings is 1. The summed E-state index contributed by atoms with van der Waals surface area (Å²) in [6.45, 7) is 4.98. The number of hydrogen-bond acceptors (Lipinski definition) is 4. The van der Waals surface area contributed by atoms with Gasteiger partial charge in [0.1, 0.15) is 0 Å². The van der Waals surface area contributed by atoms with Crippen molar-refractivity contribution in [3.05, 3.63) is 45.4 Å². The zero-order valence-electron chi connectivity index (χ0n) is 11.9. The standard InChI is InChI=1S/C15H19ClN2OS/c1-10(2)14-13(9-19)20-15(17-14)18(3)8-11-5-4-6-12(16)7-11/h4-7,10,19H,8-9H2,1-3H3. The molecule has 1 aromatic heterocycles. The summed E-state index contributed by atoms with van der Waals surface area (Å²) in [7, 11) is 2.00. The van der Waals surface area contributed by atoms with Crippen molar-refractivity contribution >= 4 is 28.1 Å². The Labute approximate surface area is 128 Å². The first-order chi connectivity index (χ1) is 9.51. The third-order valence-electron chi connectivity index (χ3n) is 3.04. The van der Waals surface area contributed by atoms with Crippen molar-refractivity contribution in [2.45, 2.75) is 32.9 Å². The van der Waals surface area contributed by atoms with Gasteiger partial charge in [0.15, 0.2) is 5.13 Å². The van der Waals surface area contributed by atoms with Gasteiger partial charge in [0.05, 0.1) is 17.2 Å². The van der Waals surface area contributed by atoms with Gasteiger partial charge in [-0.3, -0.25) is 0 Å². The fraction of sp³-hybridized carbons (Fsp3) is 0.400. The van der Waals surface area contributed by atoms with Gasteiger partial charge in [0, 0.05) is 18.6 Å². The summed E-state index contributed by atoms with van der Waals surface area (Å²) in [6.07, 6.45) is 0. The van der Waals surface area contributed by atoms with E-state index < -0.39 is 0 Å². The zero-order valence-corrected chi connectivity index (χ0v) is 13.5. The Balaban J connectivity index is 2.19. The van der Waals surface area contributed by atoms with Crippen molar-refractivity contribution in [1.82, 2.24) is 4.98 Å². The van der Waals surface area contributed by atoms with E-state index in [1.807, 2.05) is 31.3 Å². The Kier molecular flexibility index (Phi) is 5.02. The van der Waals surface area contributed by atoms with Crippen molar-refractivity contribution in [1.29, 1.82) is 0 Å². The van der Waals surface area contributed by atoms with E-state index in [1.54, 1.807) is 11.3 Å². The molecule has 1 N–H and O–H groups in total. The number of anilines is 1. The molecule has 20 heavy (non-hydrogen) atoms. The van der Waals surface area contributed by atoms with Crippen molar-refractivity contribution < 1.29 is 5.11 Å². The summed E-state index contributed by atoms with van der Waals surface area (Å²) in [6, 6.07) is 7.83. The zero-order chi connectivity index (χ0) is 14.7. The minimum Gasteiger partial charge on any atom is -0.391 e. The maximum Gasteiger partial charge on any atom is 0.185 e. The number of aliphatic hydroxyl groups excluding tert-OH is 1. The van der Waals surface area contributed by atoms with Crippen LogP contribution in [0.2, 0.25) is 5.02 Å². The molecule has 0 saturated carbocycles. The van der Waals surface area contributed by atoms with Crippen molar-refractivity contribution in [2.75, 3.05) is 11.9 Å². The summed E-state index contributed by atoms with van der Waals surface area (Å²) >= 11 is 7.55. The first kappa shape index (κ1) is 15.3. The average molecular weight is 311 g/mol. The topological polar surface area (TPSA) is 36.4 Å². The lowest BCUT2D eigenvalue weighted by Crippen LogP contribution is -2.16. The van der Waals surface area contributed by atoms with E-state index in [-0.39, 0.29) is 6.61 Å². The first-order valence-electron chi connectivity index (χ1n) is 6.57. The van der Waals surface area contributed by atoms with Crippen LogP contribution in [0.3, 0.4) is 0 Å². The van der Waals surface area contributed by atoms with Gasteiger partial charge in [-0.1, -0.05) is 48.9 Å². The van der Waals surface area contributed by atoms with Crippen molar-refractivity contribution in [3.63, 3.8) is 0 Å². The average Bonchev–Trinajstić information content (AvgIpc) is 2.83. The number of nitrogens with zero attached hydrogens (tertiary/aromatic N) is 2. The largest absolute Gasteiger partial charge is 0.391 e. The van der Waals surface area contributed by atoms with E-state index in [0.29, 0.717) is 5.92 Å². The Bertz CT molecular complexity index is 583. The van der Waals surface area contributed by atoms with Crippen LogP contribution in [0.5, 0.6) is 0 Å². The van der Waals surface area contributed by atoms with Crippen molar-refractivity contribution in [3.8, 4) is 0 Å². The summed E-state index contributed by atoms with van der Waals surface area (Å²) in [5, 5.41) is 11.1.